The molecule has 5 N–H and O–H groups in total. The number of benzene rings is 1. The second kappa shape index (κ2) is 7.01. The van der Waals surface area contributed by atoms with Gasteiger partial charge in [0.15, 0.2) is 0 Å². The Kier molecular flexibility index (Phi) is 4.79. The summed E-state index contributed by atoms with van der Waals surface area (Å²) in [6.45, 7) is 7.07. The third-order valence-corrected chi connectivity index (χ3v) is 4.28. The summed E-state index contributed by atoms with van der Waals surface area (Å²) in [5, 5.41) is 1.08. The van der Waals surface area contributed by atoms with Gasteiger partial charge in [0.1, 0.15) is 11.6 Å². The maximum atomic E-state index is 6.09. The fourth-order valence-electron chi connectivity index (χ4n) is 3.05. The lowest BCUT2D eigenvalue weighted by Gasteiger charge is -2.19. The molecule has 0 radical (unpaired) electrons. The second-order valence-corrected chi connectivity index (χ2v) is 6.69. The molecule has 0 aliphatic carbocycles. The fourth-order valence-corrected chi connectivity index (χ4v) is 3.05. The van der Waals surface area contributed by atoms with Crippen LogP contribution in [-0.2, 0) is 0 Å². The van der Waals surface area contributed by atoms with E-state index in [-0.39, 0.29) is 11.9 Å². The van der Waals surface area contributed by atoms with Crippen LogP contribution in [-0.4, -0.2) is 21.6 Å². The molecule has 0 fully saturated rings. The summed E-state index contributed by atoms with van der Waals surface area (Å²) in [6.07, 6.45) is 4.52. The van der Waals surface area contributed by atoms with Crippen LogP contribution >= 0.6 is 0 Å². The van der Waals surface area contributed by atoms with Crippen molar-refractivity contribution in [1.82, 2.24) is 15.0 Å². The van der Waals surface area contributed by atoms with Crippen molar-refractivity contribution in [2.24, 2.45) is 5.92 Å². The molecular weight excluding hydrogens is 314 g/mol. The lowest BCUT2D eigenvalue weighted by molar-refractivity contribution is 0.274. The van der Waals surface area contributed by atoms with Gasteiger partial charge < -0.3 is 21.2 Å². The Labute approximate surface area is 147 Å². The summed E-state index contributed by atoms with van der Waals surface area (Å²) in [7, 11) is 0. The van der Waals surface area contributed by atoms with Gasteiger partial charge in [-0.05, 0) is 36.1 Å². The first kappa shape index (κ1) is 17.1. The lowest BCUT2D eigenvalue weighted by Crippen LogP contribution is -2.09. The number of ether oxygens (including phenoxy) is 1. The predicted molar refractivity (Wildman–Crippen MR) is 102 cm³/mol. The van der Waals surface area contributed by atoms with Crippen molar-refractivity contribution in [2.75, 3.05) is 18.1 Å². The Balaban J connectivity index is 2.06. The van der Waals surface area contributed by atoms with E-state index < -0.39 is 0 Å². The molecule has 0 spiro atoms. The monoisotopic (exact) mass is 339 g/mol. The van der Waals surface area contributed by atoms with Crippen molar-refractivity contribution < 1.29 is 4.74 Å². The van der Waals surface area contributed by atoms with Crippen LogP contribution in [0.15, 0.2) is 30.6 Å². The van der Waals surface area contributed by atoms with Gasteiger partial charge in [-0.2, -0.15) is 4.98 Å². The zero-order chi connectivity index (χ0) is 18.0. The second-order valence-electron chi connectivity index (χ2n) is 6.69. The predicted octanol–water partition coefficient (Wildman–Crippen LogP) is 3.70. The van der Waals surface area contributed by atoms with Gasteiger partial charge in [0.25, 0.3) is 0 Å². The number of fused-ring (bicyclic) bond motifs is 1. The molecule has 2 heterocycles. The lowest BCUT2D eigenvalue weighted by atomic mass is 9.89. The molecule has 0 aliphatic heterocycles. The number of rotatable bonds is 6. The van der Waals surface area contributed by atoms with E-state index in [1.165, 1.54) is 0 Å². The van der Waals surface area contributed by atoms with Crippen molar-refractivity contribution in [3.8, 4) is 5.75 Å². The minimum Gasteiger partial charge on any atom is -0.493 e. The van der Waals surface area contributed by atoms with Crippen molar-refractivity contribution in [3.63, 3.8) is 0 Å². The van der Waals surface area contributed by atoms with E-state index in [1.54, 1.807) is 6.20 Å². The van der Waals surface area contributed by atoms with Crippen LogP contribution in [0.25, 0.3) is 10.9 Å². The molecule has 2 aromatic heterocycles. The smallest absolute Gasteiger partial charge is 0.221 e. The number of nitrogen functional groups attached to an aromatic ring is 2. The molecule has 3 aromatic rings. The molecule has 25 heavy (non-hydrogen) atoms. The number of nitrogens with one attached hydrogen (secondary N) is 1. The highest BCUT2D eigenvalue weighted by molar-refractivity contribution is 5.87. The first-order chi connectivity index (χ1) is 12.0. The minimum atomic E-state index is 0.0784. The molecule has 0 amide bonds. The number of H-pyrrole nitrogens is 1. The van der Waals surface area contributed by atoms with Gasteiger partial charge in [0, 0.05) is 34.8 Å². The van der Waals surface area contributed by atoms with Gasteiger partial charge in [0.2, 0.25) is 5.95 Å². The molecule has 6 nitrogen and oxygen atoms in total. The maximum Gasteiger partial charge on any atom is 0.221 e. The van der Waals surface area contributed by atoms with Gasteiger partial charge in [-0.1, -0.05) is 20.8 Å². The fraction of sp³-hybridized carbons (Fsp3) is 0.368. The van der Waals surface area contributed by atoms with E-state index >= 15 is 0 Å². The Hall–Kier alpha value is -2.76. The number of aromatic amines is 1. The zero-order valence-electron chi connectivity index (χ0n) is 14.9. The minimum absolute atomic E-state index is 0.0784. The molecule has 1 unspecified atom stereocenters. The summed E-state index contributed by atoms with van der Waals surface area (Å²) < 4.78 is 6.06. The zero-order valence-corrected chi connectivity index (χ0v) is 14.9. The van der Waals surface area contributed by atoms with Gasteiger partial charge in [0.05, 0.1) is 6.61 Å². The molecule has 0 saturated carbocycles. The van der Waals surface area contributed by atoms with Crippen molar-refractivity contribution in [2.45, 2.75) is 33.1 Å². The Morgan fingerprint density at radius 2 is 2.04 bits per heavy atom. The number of nitrogens with zero attached hydrogens (tertiary/aromatic N) is 2. The van der Waals surface area contributed by atoms with Gasteiger partial charge >= 0.3 is 0 Å². The van der Waals surface area contributed by atoms with E-state index in [4.69, 9.17) is 16.2 Å². The topological polar surface area (TPSA) is 103 Å². The Morgan fingerprint density at radius 3 is 2.72 bits per heavy atom. The summed E-state index contributed by atoms with van der Waals surface area (Å²) in [6, 6.07) is 6.28. The van der Waals surface area contributed by atoms with Crippen LogP contribution in [0.5, 0.6) is 5.75 Å². The van der Waals surface area contributed by atoms with E-state index in [0.717, 1.165) is 34.2 Å². The van der Waals surface area contributed by atoms with Gasteiger partial charge in [-0.25, -0.2) is 4.98 Å². The summed E-state index contributed by atoms with van der Waals surface area (Å²) in [4.78, 5) is 11.5. The van der Waals surface area contributed by atoms with Crippen molar-refractivity contribution in [1.29, 1.82) is 0 Å². The first-order valence-corrected chi connectivity index (χ1v) is 8.61. The highest BCUT2D eigenvalue weighted by atomic mass is 16.5. The maximum absolute atomic E-state index is 6.09. The molecule has 1 aromatic carbocycles. The number of anilines is 2. The van der Waals surface area contributed by atoms with Crippen LogP contribution < -0.4 is 16.2 Å². The number of aromatic nitrogens is 3. The Morgan fingerprint density at radius 1 is 1.24 bits per heavy atom. The average molecular weight is 339 g/mol. The van der Waals surface area contributed by atoms with Crippen molar-refractivity contribution in [3.05, 3.63) is 41.7 Å². The summed E-state index contributed by atoms with van der Waals surface area (Å²) in [5.74, 6) is 2.04. The SMILES string of the molecule is CCC(c1cc(OCC(C)C)c2cc[nH]c2c1)c1cnc(N)nc1N. The molecule has 1 atom stereocenters. The molecule has 0 aliphatic rings. The Bertz CT molecular complexity index is 871. The van der Waals surface area contributed by atoms with Gasteiger partial charge in [-0.3, -0.25) is 0 Å². The third-order valence-electron chi connectivity index (χ3n) is 4.28. The van der Waals surface area contributed by atoms with Crippen LogP contribution in [0.1, 0.15) is 44.2 Å². The molecule has 6 heteroatoms. The van der Waals surface area contributed by atoms with Gasteiger partial charge in [-0.15, -0.1) is 0 Å². The molecule has 132 valence electrons. The summed E-state index contributed by atoms with van der Waals surface area (Å²) >= 11 is 0. The van der Waals surface area contributed by atoms with Crippen molar-refractivity contribution >= 4 is 22.7 Å². The average Bonchev–Trinajstić information content (AvgIpc) is 3.03. The van der Waals surface area contributed by atoms with E-state index in [9.17, 15) is 0 Å². The van der Waals surface area contributed by atoms with E-state index in [1.807, 2.05) is 12.3 Å². The summed E-state index contributed by atoms with van der Waals surface area (Å²) in [5.41, 5.74) is 14.8. The number of hydrogen-bond donors (Lipinski definition) is 3. The van der Waals surface area contributed by atoms with Crippen LogP contribution in [0.4, 0.5) is 11.8 Å². The highest BCUT2D eigenvalue weighted by Crippen LogP contribution is 2.36. The molecule has 0 bridgehead atoms. The molecule has 3 rings (SSSR count). The standard InChI is InChI=1S/C19H25N5O/c1-4-13(15-9-23-19(21)24-18(15)20)12-7-16-14(5-6-22-16)17(8-12)25-10-11(2)3/h5-9,11,13,22H,4,10H2,1-3H3,(H4,20,21,23,24). The quantitative estimate of drug-likeness (QED) is 0.635. The van der Waals surface area contributed by atoms with Crippen LogP contribution in [0.3, 0.4) is 0 Å². The number of nitrogens with two attached hydrogens (primary N) is 2. The van der Waals surface area contributed by atoms with Crippen LogP contribution in [0.2, 0.25) is 0 Å². The normalized spacial score (nSPS) is 12.6. The molecular formula is C19H25N5O. The number of hydrogen-bond acceptors (Lipinski definition) is 5. The third kappa shape index (κ3) is 3.52. The van der Waals surface area contributed by atoms with Crippen LogP contribution in [0, 0.1) is 5.92 Å². The first-order valence-electron chi connectivity index (χ1n) is 8.61. The van der Waals surface area contributed by atoms with E-state index in [0.29, 0.717) is 18.3 Å². The highest BCUT2D eigenvalue weighted by Gasteiger charge is 2.19. The van der Waals surface area contributed by atoms with E-state index in [2.05, 4.69) is 47.9 Å². The largest absolute Gasteiger partial charge is 0.493 e. The molecule has 0 saturated heterocycles.